The van der Waals surface area contributed by atoms with Gasteiger partial charge in [0.05, 0.1) is 16.6 Å². The van der Waals surface area contributed by atoms with E-state index < -0.39 is 10.9 Å². The third-order valence-electron chi connectivity index (χ3n) is 3.22. The number of nitro benzene ring substituents is 1. The van der Waals surface area contributed by atoms with Crippen LogP contribution in [0.25, 0.3) is 5.69 Å². The Hall–Kier alpha value is -3.22. The Labute approximate surface area is 125 Å². The van der Waals surface area contributed by atoms with Gasteiger partial charge in [-0.3, -0.25) is 10.1 Å². The van der Waals surface area contributed by atoms with Gasteiger partial charge in [-0.1, -0.05) is 30.3 Å². The molecule has 0 spiro atoms. The van der Waals surface area contributed by atoms with Crippen molar-refractivity contribution in [2.45, 2.75) is 6.42 Å². The standard InChI is InChI=1S/C15H11N3O4/c19-15-14(10-11-6-8-13(9-7-11)18(20)21)17(16-22-15)12-4-2-1-3-5-12/h1-9H,10H2. The number of rotatable bonds is 4. The number of nitrogens with zero attached hydrogens (tertiary/aromatic N) is 3. The highest BCUT2D eigenvalue weighted by atomic mass is 16.6. The third kappa shape index (κ3) is 2.64. The number of hydrogen-bond acceptors (Lipinski definition) is 5. The first kappa shape index (κ1) is 13.7. The highest BCUT2D eigenvalue weighted by Crippen LogP contribution is 2.18. The van der Waals surface area contributed by atoms with E-state index in [2.05, 4.69) is 5.27 Å². The molecule has 0 atom stereocenters. The van der Waals surface area contributed by atoms with Crippen LogP contribution in [0.1, 0.15) is 11.3 Å². The summed E-state index contributed by atoms with van der Waals surface area (Å²) in [5, 5.41) is 26.2. The van der Waals surface area contributed by atoms with E-state index in [1.165, 1.54) is 16.8 Å². The van der Waals surface area contributed by atoms with Crippen LogP contribution in [0, 0.1) is 10.1 Å². The van der Waals surface area contributed by atoms with Gasteiger partial charge in [0.15, 0.2) is 5.95 Å². The summed E-state index contributed by atoms with van der Waals surface area (Å²) in [5.74, 6) is -0.526. The molecule has 22 heavy (non-hydrogen) atoms. The molecule has 0 aliphatic heterocycles. The van der Waals surface area contributed by atoms with Gasteiger partial charge in [0.25, 0.3) is 5.69 Å². The molecule has 7 nitrogen and oxygen atoms in total. The molecule has 1 aromatic heterocycles. The number of hydrogen-bond donors (Lipinski definition) is 0. The lowest BCUT2D eigenvalue weighted by Crippen LogP contribution is -2.36. The summed E-state index contributed by atoms with van der Waals surface area (Å²) in [6, 6.07) is 15.2. The van der Waals surface area contributed by atoms with E-state index in [1.54, 1.807) is 24.3 Å². The van der Waals surface area contributed by atoms with Gasteiger partial charge in [0.2, 0.25) is 11.4 Å². The van der Waals surface area contributed by atoms with Gasteiger partial charge in [-0.15, -0.1) is 0 Å². The SMILES string of the molecule is O=[N+]([O-])c1ccc(Cc2c([O-])on[n+]2-c2ccccc2)cc1. The lowest BCUT2D eigenvalue weighted by atomic mass is 10.1. The first-order valence-electron chi connectivity index (χ1n) is 6.52. The molecule has 0 saturated carbocycles. The minimum Gasteiger partial charge on any atom is -0.539 e. The molecule has 3 aromatic rings. The highest BCUT2D eigenvalue weighted by Gasteiger charge is 2.20. The van der Waals surface area contributed by atoms with E-state index in [1.807, 2.05) is 18.2 Å². The second-order valence-electron chi connectivity index (χ2n) is 4.65. The number of nitro groups is 1. The smallest absolute Gasteiger partial charge is 0.269 e. The molecular weight excluding hydrogens is 286 g/mol. The molecule has 2 aromatic carbocycles. The summed E-state index contributed by atoms with van der Waals surface area (Å²) in [4.78, 5) is 10.2. The molecule has 3 rings (SSSR count). The predicted molar refractivity (Wildman–Crippen MR) is 73.4 cm³/mol. The molecule has 0 unspecified atom stereocenters. The van der Waals surface area contributed by atoms with Crippen molar-refractivity contribution in [2.24, 2.45) is 0 Å². The number of non-ortho nitro benzene ring substituents is 1. The lowest BCUT2D eigenvalue weighted by Gasteiger charge is -1.99. The van der Waals surface area contributed by atoms with Crippen molar-refractivity contribution in [2.75, 3.05) is 0 Å². The van der Waals surface area contributed by atoms with E-state index in [4.69, 9.17) is 4.52 Å². The van der Waals surface area contributed by atoms with E-state index in [0.29, 0.717) is 11.4 Å². The Balaban J connectivity index is 1.92. The topological polar surface area (TPSA) is 96.1 Å². The molecular formula is C15H11N3O4. The normalized spacial score (nSPS) is 10.5. The van der Waals surface area contributed by atoms with Crippen LogP contribution >= 0.6 is 0 Å². The Morgan fingerprint density at radius 2 is 1.77 bits per heavy atom. The van der Waals surface area contributed by atoms with Gasteiger partial charge in [0.1, 0.15) is 0 Å². The Kier molecular flexibility index (Phi) is 3.53. The maximum absolute atomic E-state index is 11.8. The largest absolute Gasteiger partial charge is 0.539 e. The van der Waals surface area contributed by atoms with Crippen LogP contribution in [0.4, 0.5) is 5.69 Å². The van der Waals surface area contributed by atoms with Crippen molar-refractivity contribution >= 4 is 5.69 Å². The van der Waals surface area contributed by atoms with Crippen LogP contribution in [-0.2, 0) is 6.42 Å². The Morgan fingerprint density at radius 3 is 2.41 bits per heavy atom. The first-order chi connectivity index (χ1) is 10.6. The fourth-order valence-electron chi connectivity index (χ4n) is 2.11. The number of benzene rings is 2. The van der Waals surface area contributed by atoms with Crippen molar-refractivity contribution < 1.29 is 19.2 Å². The van der Waals surface area contributed by atoms with E-state index in [9.17, 15) is 15.2 Å². The second kappa shape index (κ2) is 5.65. The summed E-state index contributed by atoms with van der Waals surface area (Å²) >= 11 is 0. The molecule has 0 amide bonds. The zero-order chi connectivity index (χ0) is 15.5. The van der Waals surface area contributed by atoms with Crippen molar-refractivity contribution in [1.29, 1.82) is 0 Å². The quantitative estimate of drug-likeness (QED) is 0.413. The number of aromatic nitrogens is 2. The van der Waals surface area contributed by atoms with Crippen LogP contribution in [0.5, 0.6) is 5.95 Å². The van der Waals surface area contributed by atoms with E-state index in [-0.39, 0.29) is 12.1 Å². The minimum atomic E-state index is -0.526. The molecule has 0 aliphatic carbocycles. The summed E-state index contributed by atoms with van der Waals surface area (Å²) in [5.41, 5.74) is 1.84. The minimum absolute atomic E-state index is 0.00681. The fraction of sp³-hybridized carbons (Fsp3) is 0.0667. The summed E-state index contributed by atoms with van der Waals surface area (Å²) in [6.07, 6.45) is 0.273. The lowest BCUT2D eigenvalue weighted by molar-refractivity contribution is -0.677. The molecule has 0 aliphatic rings. The average molecular weight is 297 g/mol. The zero-order valence-corrected chi connectivity index (χ0v) is 11.4. The fourth-order valence-corrected chi connectivity index (χ4v) is 2.11. The van der Waals surface area contributed by atoms with Gasteiger partial charge in [-0.05, 0) is 10.2 Å². The molecule has 0 radical (unpaired) electrons. The summed E-state index contributed by atoms with van der Waals surface area (Å²) in [6.45, 7) is 0. The second-order valence-corrected chi connectivity index (χ2v) is 4.65. The Bertz CT molecular complexity index is 797. The van der Waals surface area contributed by atoms with Gasteiger partial charge < -0.3 is 9.63 Å². The molecule has 110 valence electrons. The van der Waals surface area contributed by atoms with Crippen molar-refractivity contribution in [3.63, 3.8) is 0 Å². The van der Waals surface area contributed by atoms with Gasteiger partial charge >= 0.3 is 0 Å². The van der Waals surface area contributed by atoms with Crippen LogP contribution < -0.4 is 9.79 Å². The van der Waals surface area contributed by atoms with Gasteiger partial charge in [-0.2, -0.15) is 0 Å². The highest BCUT2D eigenvalue weighted by molar-refractivity contribution is 5.34. The summed E-state index contributed by atoms with van der Waals surface area (Å²) in [7, 11) is 0. The van der Waals surface area contributed by atoms with Crippen molar-refractivity contribution in [1.82, 2.24) is 5.27 Å². The molecule has 0 fully saturated rings. The average Bonchev–Trinajstić information content (AvgIpc) is 2.90. The predicted octanol–water partition coefficient (Wildman–Crippen LogP) is 1.52. The maximum atomic E-state index is 11.8. The third-order valence-corrected chi connectivity index (χ3v) is 3.22. The van der Waals surface area contributed by atoms with Gasteiger partial charge in [-0.25, -0.2) is 0 Å². The number of para-hydroxylation sites is 1. The molecule has 7 heteroatoms. The first-order valence-corrected chi connectivity index (χ1v) is 6.52. The molecule has 0 saturated heterocycles. The van der Waals surface area contributed by atoms with Crippen molar-refractivity contribution in [3.05, 3.63) is 76.0 Å². The van der Waals surface area contributed by atoms with Crippen LogP contribution in [0.15, 0.2) is 59.1 Å². The molecule has 0 bridgehead atoms. The van der Waals surface area contributed by atoms with Crippen LogP contribution in [-0.4, -0.2) is 10.2 Å². The van der Waals surface area contributed by atoms with Crippen LogP contribution in [0.3, 0.4) is 0 Å². The maximum Gasteiger partial charge on any atom is 0.269 e. The van der Waals surface area contributed by atoms with E-state index in [0.717, 1.165) is 5.56 Å². The molecule has 1 heterocycles. The van der Waals surface area contributed by atoms with Gasteiger partial charge in [0, 0.05) is 24.3 Å². The monoisotopic (exact) mass is 297 g/mol. The summed E-state index contributed by atoms with van der Waals surface area (Å²) < 4.78 is 6.17. The van der Waals surface area contributed by atoms with E-state index >= 15 is 0 Å². The van der Waals surface area contributed by atoms with Crippen LogP contribution in [0.2, 0.25) is 0 Å². The Morgan fingerprint density at radius 1 is 1.09 bits per heavy atom. The molecule has 0 N–H and O–H groups in total. The van der Waals surface area contributed by atoms with Crippen molar-refractivity contribution in [3.8, 4) is 11.6 Å². The zero-order valence-electron chi connectivity index (χ0n) is 11.4.